The average molecular weight is 372 g/mol. The van der Waals surface area contributed by atoms with E-state index in [0.29, 0.717) is 44.2 Å². The minimum absolute atomic E-state index is 0.0254. The van der Waals surface area contributed by atoms with E-state index in [-0.39, 0.29) is 29.9 Å². The highest BCUT2D eigenvalue weighted by Gasteiger charge is 2.34. The third-order valence-electron chi connectivity index (χ3n) is 4.58. The average Bonchev–Trinajstić information content (AvgIpc) is 2.95. The van der Waals surface area contributed by atoms with Gasteiger partial charge in [-0.05, 0) is 13.8 Å². The molecule has 140 valence electrons. The molecule has 1 unspecified atom stereocenters. The Balaban J connectivity index is 1.59. The van der Waals surface area contributed by atoms with Crippen LogP contribution in [0.15, 0.2) is 9.42 Å². The predicted octanol–water partition coefficient (Wildman–Crippen LogP) is -0.497. The minimum atomic E-state index is -3.65. The molecule has 0 bridgehead atoms. The highest BCUT2D eigenvalue weighted by atomic mass is 32.2. The summed E-state index contributed by atoms with van der Waals surface area (Å²) in [6.45, 7) is 6.47. The Morgan fingerprint density at radius 1 is 1.28 bits per heavy atom. The van der Waals surface area contributed by atoms with Crippen LogP contribution in [0.25, 0.3) is 0 Å². The van der Waals surface area contributed by atoms with E-state index in [0.717, 1.165) is 6.54 Å². The fourth-order valence-corrected chi connectivity index (χ4v) is 4.95. The molecule has 1 aromatic rings. The first kappa shape index (κ1) is 18.3. The van der Waals surface area contributed by atoms with Gasteiger partial charge in [-0.25, -0.2) is 8.42 Å². The molecule has 1 aromatic heterocycles. The summed E-state index contributed by atoms with van der Waals surface area (Å²) in [6.07, 6.45) is 0.372. The smallest absolute Gasteiger partial charge is 0.248 e. The summed E-state index contributed by atoms with van der Waals surface area (Å²) < 4.78 is 37.3. The van der Waals surface area contributed by atoms with Gasteiger partial charge < -0.3 is 19.5 Å². The maximum Gasteiger partial charge on any atom is 0.248 e. The number of amides is 1. The van der Waals surface area contributed by atoms with E-state index in [4.69, 9.17) is 9.26 Å². The van der Waals surface area contributed by atoms with Crippen molar-refractivity contribution in [2.45, 2.75) is 31.2 Å². The van der Waals surface area contributed by atoms with Crippen LogP contribution in [0, 0.1) is 13.8 Å². The number of ether oxygens (including phenoxy) is 1. The molecule has 2 fully saturated rings. The van der Waals surface area contributed by atoms with Gasteiger partial charge in [-0.3, -0.25) is 4.79 Å². The molecule has 0 spiro atoms. The highest BCUT2D eigenvalue weighted by molar-refractivity contribution is 7.89. The Morgan fingerprint density at radius 2 is 2.00 bits per heavy atom. The fraction of sp³-hybridized carbons (Fsp3) is 0.733. The van der Waals surface area contributed by atoms with Gasteiger partial charge in [0.05, 0.1) is 13.2 Å². The molecule has 2 saturated heterocycles. The van der Waals surface area contributed by atoms with E-state index in [9.17, 15) is 13.2 Å². The molecule has 9 nitrogen and oxygen atoms in total. The van der Waals surface area contributed by atoms with E-state index >= 15 is 0 Å². The van der Waals surface area contributed by atoms with E-state index < -0.39 is 10.0 Å². The molecule has 10 heteroatoms. The van der Waals surface area contributed by atoms with Crippen molar-refractivity contribution in [3.63, 3.8) is 0 Å². The van der Waals surface area contributed by atoms with Crippen LogP contribution in [0.5, 0.6) is 0 Å². The van der Waals surface area contributed by atoms with E-state index in [2.05, 4.69) is 10.5 Å². The molecular formula is C15H24N4O5S. The topological polar surface area (TPSA) is 105 Å². The van der Waals surface area contributed by atoms with Gasteiger partial charge in [0.15, 0.2) is 5.76 Å². The second-order valence-electron chi connectivity index (χ2n) is 6.37. The number of hydrogen-bond acceptors (Lipinski definition) is 7. The SMILES string of the molecule is Cc1noc(C)c1S(=O)(=O)N1CCN(C(=O)CC2COCCN2)CC1. The lowest BCUT2D eigenvalue weighted by molar-refractivity contribution is -0.133. The van der Waals surface area contributed by atoms with Gasteiger partial charge in [-0.2, -0.15) is 4.31 Å². The number of nitrogens with zero attached hydrogens (tertiary/aromatic N) is 3. The van der Waals surface area contributed by atoms with Crippen molar-refractivity contribution in [2.24, 2.45) is 0 Å². The number of aryl methyl sites for hydroxylation is 2. The Labute approximate surface area is 147 Å². The number of aromatic nitrogens is 1. The molecule has 2 aliphatic heterocycles. The first-order valence-corrected chi connectivity index (χ1v) is 9.85. The van der Waals surface area contributed by atoms with Crippen LogP contribution < -0.4 is 5.32 Å². The minimum Gasteiger partial charge on any atom is -0.378 e. The Hall–Kier alpha value is -1.49. The normalized spacial score (nSPS) is 23.0. The summed E-state index contributed by atoms with van der Waals surface area (Å²) in [4.78, 5) is 14.2. The lowest BCUT2D eigenvalue weighted by Crippen LogP contribution is -2.52. The number of nitrogens with one attached hydrogen (secondary N) is 1. The second-order valence-corrected chi connectivity index (χ2v) is 8.24. The summed E-state index contributed by atoms with van der Waals surface area (Å²) in [5.41, 5.74) is 0.361. The van der Waals surface area contributed by atoms with Gasteiger partial charge in [0.1, 0.15) is 10.6 Å². The lowest BCUT2D eigenvalue weighted by Gasteiger charge is -2.35. The van der Waals surface area contributed by atoms with Crippen LogP contribution in [0.3, 0.4) is 0 Å². The van der Waals surface area contributed by atoms with Crippen LogP contribution in [-0.4, -0.2) is 80.7 Å². The van der Waals surface area contributed by atoms with Gasteiger partial charge >= 0.3 is 0 Å². The summed E-state index contributed by atoms with van der Waals surface area (Å²) in [7, 11) is -3.65. The van der Waals surface area contributed by atoms with E-state index in [1.54, 1.807) is 18.7 Å². The zero-order valence-electron chi connectivity index (χ0n) is 14.5. The third-order valence-corrected chi connectivity index (χ3v) is 6.72. The summed E-state index contributed by atoms with van der Waals surface area (Å²) >= 11 is 0. The number of rotatable bonds is 4. The first-order valence-electron chi connectivity index (χ1n) is 8.41. The molecule has 3 rings (SSSR count). The lowest BCUT2D eigenvalue weighted by atomic mass is 10.1. The maximum atomic E-state index is 12.8. The van der Waals surface area contributed by atoms with Crippen molar-refractivity contribution in [3.8, 4) is 0 Å². The zero-order chi connectivity index (χ0) is 18.0. The number of morpholine rings is 1. The molecule has 2 aliphatic rings. The van der Waals surface area contributed by atoms with E-state index in [1.165, 1.54) is 4.31 Å². The molecular weight excluding hydrogens is 348 g/mol. The molecule has 0 saturated carbocycles. The van der Waals surface area contributed by atoms with Gasteiger partial charge in [-0.1, -0.05) is 5.16 Å². The summed E-state index contributed by atoms with van der Waals surface area (Å²) in [5, 5.41) is 6.98. The molecule has 1 atom stereocenters. The van der Waals surface area contributed by atoms with Crippen molar-refractivity contribution >= 4 is 15.9 Å². The molecule has 0 aliphatic carbocycles. The molecule has 3 heterocycles. The number of carbonyl (C=O) groups is 1. The highest BCUT2D eigenvalue weighted by Crippen LogP contribution is 2.24. The Morgan fingerprint density at radius 3 is 2.56 bits per heavy atom. The maximum absolute atomic E-state index is 12.8. The van der Waals surface area contributed by atoms with Gasteiger partial charge in [0.2, 0.25) is 15.9 Å². The zero-order valence-corrected chi connectivity index (χ0v) is 15.3. The quantitative estimate of drug-likeness (QED) is 0.760. The largest absolute Gasteiger partial charge is 0.378 e. The standard InChI is InChI=1S/C15H24N4O5S/c1-11-15(12(2)24-17-11)25(21,22)19-6-4-18(5-7-19)14(20)9-13-10-23-8-3-16-13/h13,16H,3-10H2,1-2H3. The Kier molecular flexibility index (Phi) is 5.42. The Bertz CT molecular complexity index is 699. The molecule has 0 radical (unpaired) electrons. The van der Waals surface area contributed by atoms with Crippen LogP contribution in [-0.2, 0) is 19.6 Å². The molecule has 0 aromatic carbocycles. The number of hydrogen-bond donors (Lipinski definition) is 1. The third kappa shape index (κ3) is 3.86. The van der Waals surface area contributed by atoms with Gasteiger partial charge in [0, 0.05) is 45.2 Å². The predicted molar refractivity (Wildman–Crippen MR) is 88.5 cm³/mol. The van der Waals surface area contributed by atoms with Crippen LogP contribution >= 0.6 is 0 Å². The van der Waals surface area contributed by atoms with E-state index in [1.807, 2.05) is 0 Å². The molecule has 1 N–H and O–H groups in total. The number of piperazine rings is 1. The molecule has 25 heavy (non-hydrogen) atoms. The fourth-order valence-electron chi connectivity index (χ4n) is 3.24. The summed E-state index contributed by atoms with van der Waals surface area (Å²) in [5.74, 6) is 0.316. The summed E-state index contributed by atoms with van der Waals surface area (Å²) in [6, 6.07) is 0.0327. The van der Waals surface area contributed by atoms with Crippen LogP contribution in [0.1, 0.15) is 17.9 Å². The van der Waals surface area contributed by atoms with Crippen LogP contribution in [0.4, 0.5) is 0 Å². The van der Waals surface area contributed by atoms with Crippen molar-refractivity contribution in [1.29, 1.82) is 0 Å². The first-order chi connectivity index (χ1) is 11.9. The number of carbonyl (C=O) groups excluding carboxylic acids is 1. The monoisotopic (exact) mass is 372 g/mol. The second kappa shape index (κ2) is 7.40. The van der Waals surface area contributed by atoms with Crippen molar-refractivity contribution < 1.29 is 22.5 Å². The number of sulfonamides is 1. The molecule has 1 amide bonds. The van der Waals surface area contributed by atoms with Gasteiger partial charge in [-0.15, -0.1) is 0 Å². The van der Waals surface area contributed by atoms with Crippen molar-refractivity contribution in [2.75, 3.05) is 45.9 Å². The van der Waals surface area contributed by atoms with Crippen molar-refractivity contribution in [3.05, 3.63) is 11.5 Å². The van der Waals surface area contributed by atoms with Crippen molar-refractivity contribution in [1.82, 2.24) is 19.7 Å². The van der Waals surface area contributed by atoms with Crippen LogP contribution in [0.2, 0.25) is 0 Å². The van der Waals surface area contributed by atoms with Gasteiger partial charge in [0.25, 0.3) is 0 Å².